The van der Waals surface area contributed by atoms with Gasteiger partial charge in [-0.15, -0.1) is 0 Å². The Morgan fingerprint density at radius 3 is 3.00 bits per heavy atom. The highest BCUT2D eigenvalue weighted by molar-refractivity contribution is 5.59. The van der Waals surface area contributed by atoms with Crippen LogP contribution in [0.4, 0.5) is 0 Å². The van der Waals surface area contributed by atoms with Crippen LogP contribution in [0.5, 0.6) is 0 Å². The Hall–Kier alpha value is -0.370. The lowest BCUT2D eigenvalue weighted by molar-refractivity contribution is 0.683. The highest BCUT2D eigenvalue weighted by atomic mass is 14.8. The number of rotatable bonds is 0. The van der Waals surface area contributed by atoms with Gasteiger partial charge in [-0.05, 0) is 19.1 Å². The molecule has 2 N–H and O–H groups in total. The number of hydrogen-bond acceptors (Lipinski definition) is 2. The molecule has 0 amide bonds. The fraction of sp³-hybridized carbons (Fsp3) is 0.600. The van der Waals surface area contributed by atoms with E-state index in [4.69, 9.17) is 5.73 Å². The van der Waals surface area contributed by atoms with E-state index >= 15 is 0 Å². The van der Waals surface area contributed by atoms with Crippen LogP contribution < -0.4 is 5.73 Å². The monoisotopic (exact) mass is 96.1 g/mol. The molecule has 0 fully saturated rings. The molecule has 1 unspecified atom stereocenters. The second-order valence-electron chi connectivity index (χ2n) is 1.62. The summed E-state index contributed by atoms with van der Waals surface area (Å²) in [5.41, 5.74) is 5.41. The van der Waals surface area contributed by atoms with E-state index in [1.165, 1.54) is 0 Å². The van der Waals surface area contributed by atoms with Gasteiger partial charge in [0.25, 0.3) is 0 Å². The van der Waals surface area contributed by atoms with Gasteiger partial charge in [-0.1, -0.05) is 0 Å². The molecule has 0 aromatic carbocycles. The summed E-state index contributed by atoms with van der Waals surface area (Å²) in [6.45, 7) is 2.73. The second kappa shape index (κ2) is 2.07. The summed E-state index contributed by atoms with van der Waals surface area (Å²) in [5, 5.41) is 0. The Morgan fingerprint density at radius 2 is 2.71 bits per heavy atom. The first-order valence-electron chi connectivity index (χ1n) is 2.42. The Bertz CT molecular complexity index is 78.1. The van der Waals surface area contributed by atoms with Crippen LogP contribution in [0.1, 0.15) is 12.8 Å². The molecule has 1 heterocycles. The van der Waals surface area contributed by atoms with E-state index in [1.54, 1.807) is 0 Å². The first-order chi connectivity index (χ1) is 3.39. The number of nitrogens with zero attached hydrogens (tertiary/aromatic N) is 1. The van der Waals surface area contributed by atoms with E-state index in [9.17, 15) is 0 Å². The van der Waals surface area contributed by atoms with Crippen molar-refractivity contribution < 1.29 is 0 Å². The smallest absolute Gasteiger partial charge is 0.133 e. The maximum Gasteiger partial charge on any atom is 0.133 e. The van der Waals surface area contributed by atoms with Crippen LogP contribution in [-0.4, -0.2) is 12.3 Å². The van der Waals surface area contributed by atoms with Crippen molar-refractivity contribution in [3.8, 4) is 0 Å². The molecule has 1 rings (SSSR count). The molecule has 0 saturated carbocycles. The molecule has 7 heavy (non-hydrogen) atoms. The van der Waals surface area contributed by atoms with E-state index in [0.29, 0.717) is 0 Å². The number of hydrogen-bond donors (Lipinski definition) is 1. The fourth-order valence-corrected chi connectivity index (χ4v) is 0.532. The maximum absolute atomic E-state index is 5.41. The zero-order valence-corrected chi connectivity index (χ0v) is 4.09. The van der Waals surface area contributed by atoms with Crippen molar-refractivity contribution >= 4 is 6.21 Å². The molecule has 1 atom stereocenters. The predicted octanol–water partition coefficient (Wildman–Crippen LogP) is 0.217. The third-order valence-corrected chi connectivity index (χ3v) is 0.938. The van der Waals surface area contributed by atoms with Crippen LogP contribution in [0.2, 0.25) is 0 Å². The van der Waals surface area contributed by atoms with Crippen molar-refractivity contribution in [1.29, 1.82) is 0 Å². The van der Waals surface area contributed by atoms with Crippen LogP contribution in [0.15, 0.2) is 4.99 Å². The van der Waals surface area contributed by atoms with Gasteiger partial charge in [0.05, 0.1) is 0 Å². The van der Waals surface area contributed by atoms with Crippen molar-refractivity contribution in [2.24, 2.45) is 10.7 Å². The van der Waals surface area contributed by atoms with Crippen LogP contribution >= 0.6 is 0 Å². The quantitative estimate of drug-likeness (QED) is 0.460. The van der Waals surface area contributed by atoms with Gasteiger partial charge in [0.2, 0.25) is 0 Å². The third-order valence-electron chi connectivity index (χ3n) is 0.938. The molecule has 0 aliphatic carbocycles. The van der Waals surface area contributed by atoms with Gasteiger partial charge in [-0.3, -0.25) is 4.99 Å². The highest BCUT2D eigenvalue weighted by Gasteiger charge is 2.03. The minimum Gasteiger partial charge on any atom is -0.325 e. The minimum atomic E-state index is 0.0880. The normalized spacial score (nSPS) is 30.7. The largest absolute Gasteiger partial charge is 0.325 e. The lowest BCUT2D eigenvalue weighted by Gasteiger charge is -2.07. The van der Waals surface area contributed by atoms with E-state index in [-0.39, 0.29) is 6.04 Å². The van der Waals surface area contributed by atoms with E-state index in [1.807, 2.05) is 6.21 Å². The molecule has 38 valence electrons. The predicted molar refractivity (Wildman–Crippen MR) is 28.9 cm³/mol. The van der Waals surface area contributed by atoms with Gasteiger partial charge in [0.1, 0.15) is 6.54 Å². The summed E-state index contributed by atoms with van der Waals surface area (Å²) >= 11 is 0. The molecular formula is C5H8N2. The second-order valence-corrected chi connectivity index (χ2v) is 1.62. The third kappa shape index (κ3) is 1.27. The van der Waals surface area contributed by atoms with Gasteiger partial charge in [-0.25, -0.2) is 0 Å². The summed E-state index contributed by atoms with van der Waals surface area (Å²) in [7, 11) is 0. The molecule has 0 bridgehead atoms. The highest BCUT2D eigenvalue weighted by Crippen LogP contribution is 2.01. The molecule has 0 saturated heterocycles. The molecule has 1 aliphatic rings. The fourth-order valence-electron chi connectivity index (χ4n) is 0.532. The Kier molecular flexibility index (Phi) is 1.42. The molecule has 0 aromatic rings. The lowest BCUT2D eigenvalue weighted by Crippen LogP contribution is -2.21. The average Bonchev–Trinajstić information content (AvgIpc) is 1.69. The van der Waals surface area contributed by atoms with Crippen molar-refractivity contribution in [2.45, 2.75) is 18.9 Å². The lowest BCUT2D eigenvalue weighted by atomic mass is 10.1. The first kappa shape index (κ1) is 4.78. The zero-order valence-electron chi connectivity index (χ0n) is 4.09. The van der Waals surface area contributed by atoms with Crippen LogP contribution in [0, 0.1) is 6.54 Å². The molecule has 1 aliphatic heterocycles. The van der Waals surface area contributed by atoms with E-state index < -0.39 is 0 Å². The number of nitrogens with two attached hydrogens (primary N) is 1. The summed E-state index contributed by atoms with van der Waals surface area (Å²) in [5.74, 6) is 0. The maximum atomic E-state index is 5.41. The van der Waals surface area contributed by atoms with Gasteiger partial charge in [-0.2, -0.15) is 0 Å². The molecule has 2 radical (unpaired) electrons. The summed E-state index contributed by atoms with van der Waals surface area (Å²) < 4.78 is 0. The van der Waals surface area contributed by atoms with Crippen LogP contribution in [0.3, 0.4) is 0 Å². The Labute approximate surface area is 43.4 Å². The van der Waals surface area contributed by atoms with E-state index in [0.717, 1.165) is 12.8 Å². The standard InChI is InChI=1S/C5H8N2/c6-5-2-1-3-7-4-5/h3,5H,1-2,6H2. The van der Waals surface area contributed by atoms with Gasteiger partial charge >= 0.3 is 0 Å². The number of aliphatic imine (C=N–C) groups is 1. The molecular weight excluding hydrogens is 88.1 g/mol. The summed E-state index contributed by atoms with van der Waals surface area (Å²) in [6.07, 6.45) is 3.85. The SMILES string of the molecule is NC1[C]N=CCC1. The van der Waals surface area contributed by atoms with Gasteiger partial charge < -0.3 is 5.73 Å². The van der Waals surface area contributed by atoms with Crippen molar-refractivity contribution in [3.05, 3.63) is 6.54 Å². The molecule has 2 heteroatoms. The Morgan fingerprint density at radius 1 is 1.86 bits per heavy atom. The van der Waals surface area contributed by atoms with Gasteiger partial charge in [0.15, 0.2) is 0 Å². The summed E-state index contributed by atoms with van der Waals surface area (Å²) in [4.78, 5) is 3.76. The van der Waals surface area contributed by atoms with Gasteiger partial charge in [0, 0.05) is 6.04 Å². The van der Waals surface area contributed by atoms with Crippen molar-refractivity contribution in [1.82, 2.24) is 0 Å². The minimum absolute atomic E-state index is 0.0880. The average molecular weight is 96.1 g/mol. The zero-order chi connectivity index (χ0) is 5.11. The first-order valence-corrected chi connectivity index (χ1v) is 2.42. The van der Waals surface area contributed by atoms with Crippen molar-refractivity contribution in [2.75, 3.05) is 0 Å². The molecule has 0 aromatic heterocycles. The van der Waals surface area contributed by atoms with Crippen molar-refractivity contribution in [3.63, 3.8) is 0 Å². The Balaban J connectivity index is 2.32. The molecule has 0 spiro atoms. The molecule has 2 nitrogen and oxygen atoms in total. The summed E-state index contributed by atoms with van der Waals surface area (Å²) in [6, 6.07) is 0.0880. The van der Waals surface area contributed by atoms with Crippen LogP contribution in [-0.2, 0) is 0 Å². The van der Waals surface area contributed by atoms with Crippen LogP contribution in [0.25, 0.3) is 0 Å². The topological polar surface area (TPSA) is 38.4 Å². The van der Waals surface area contributed by atoms with E-state index in [2.05, 4.69) is 11.5 Å².